The molecule has 0 saturated carbocycles. The summed E-state index contributed by atoms with van der Waals surface area (Å²) in [4.78, 5) is 36.7. The van der Waals surface area contributed by atoms with E-state index in [2.05, 4.69) is 15.1 Å². The second-order valence-corrected chi connectivity index (χ2v) is 11.9. The first-order valence-electron chi connectivity index (χ1n) is 13.6. The lowest BCUT2D eigenvalue weighted by molar-refractivity contribution is -0.164. The Morgan fingerprint density at radius 2 is 1.86 bits per heavy atom. The fourth-order valence-corrected chi connectivity index (χ4v) is 5.29. The van der Waals surface area contributed by atoms with Crippen LogP contribution in [0.5, 0.6) is 5.75 Å². The summed E-state index contributed by atoms with van der Waals surface area (Å²) >= 11 is 5.98. The number of fused-ring (bicyclic) bond motifs is 2. The minimum Gasteiger partial charge on any atom is -0.476 e. The lowest BCUT2D eigenvalue weighted by Gasteiger charge is -2.39. The lowest BCUT2D eigenvalue weighted by Crippen LogP contribution is -2.52. The quantitative estimate of drug-likeness (QED) is 0.262. The molecule has 0 saturated heterocycles. The first-order chi connectivity index (χ1) is 20.1. The molecule has 0 unspecified atom stereocenters. The molecule has 9 nitrogen and oxygen atoms in total. The highest BCUT2D eigenvalue weighted by molar-refractivity contribution is 6.30. The number of anilines is 1. The van der Waals surface area contributed by atoms with Crippen molar-refractivity contribution >= 4 is 40.1 Å². The summed E-state index contributed by atoms with van der Waals surface area (Å²) in [6.45, 7) is 8.21. The van der Waals surface area contributed by atoms with Gasteiger partial charge < -0.3 is 10.5 Å². The molecule has 3 aromatic heterocycles. The van der Waals surface area contributed by atoms with Crippen molar-refractivity contribution in [2.45, 2.75) is 65.4 Å². The highest BCUT2D eigenvalue weighted by Crippen LogP contribution is 2.44. The number of pyridine rings is 2. The molecule has 0 bridgehead atoms. The summed E-state index contributed by atoms with van der Waals surface area (Å²) in [6.07, 6.45) is -1.54. The molecule has 0 fully saturated rings. The summed E-state index contributed by atoms with van der Waals surface area (Å²) in [6, 6.07) is 6.41. The molecular weight excluding hydrogens is 585 g/mol. The van der Waals surface area contributed by atoms with Crippen molar-refractivity contribution in [1.29, 1.82) is 0 Å². The van der Waals surface area contributed by atoms with Crippen LogP contribution < -0.4 is 15.4 Å². The number of halogens is 4. The largest absolute Gasteiger partial charge is 0.476 e. The zero-order chi connectivity index (χ0) is 31.4. The number of hydrogen-bond acceptors (Lipinski definition) is 6. The molecule has 0 radical (unpaired) electrons. The topological polar surface area (TPSA) is 116 Å². The minimum atomic E-state index is -4.58. The molecule has 1 aliphatic rings. The van der Waals surface area contributed by atoms with Crippen LogP contribution in [0.25, 0.3) is 22.2 Å². The highest BCUT2D eigenvalue weighted by Gasteiger charge is 2.42. The molecule has 1 aromatic carbocycles. The molecule has 4 heterocycles. The van der Waals surface area contributed by atoms with Gasteiger partial charge in [-0.2, -0.15) is 18.3 Å². The predicted octanol–water partition coefficient (Wildman–Crippen LogP) is 6.27. The molecule has 0 spiro atoms. The van der Waals surface area contributed by atoms with E-state index in [1.54, 1.807) is 49.1 Å². The standard InChI is InChI=1S/C30H30ClF3N6O3/c1-15(2)10-21-25(26(35)41)24(20-13-37-40(27(20)38-21)16(3)30(32,33)34)17-6-9-22-23(11-17)43-29(4,5)28(42)39(22)14-19-8-7-18(31)12-36-19/h6-9,11-13,15-16H,10,14H2,1-5H3,(H2,35,41)/t16-/m1/s1. The Labute approximate surface area is 250 Å². The molecule has 13 heteroatoms. The lowest BCUT2D eigenvalue weighted by atomic mass is 9.92. The van der Waals surface area contributed by atoms with Gasteiger partial charge in [0.15, 0.2) is 11.2 Å². The smallest absolute Gasteiger partial charge is 0.410 e. The Morgan fingerprint density at radius 1 is 1.14 bits per heavy atom. The molecule has 1 atom stereocenters. The van der Waals surface area contributed by atoms with Crippen molar-refractivity contribution in [1.82, 2.24) is 19.7 Å². The third-order valence-corrected chi connectivity index (χ3v) is 7.50. The molecule has 2 amide bonds. The number of nitrogens with two attached hydrogens (primary N) is 1. The fourth-order valence-electron chi connectivity index (χ4n) is 5.17. The van der Waals surface area contributed by atoms with Crippen LogP contribution in [0.15, 0.2) is 42.7 Å². The van der Waals surface area contributed by atoms with Gasteiger partial charge in [-0.15, -0.1) is 0 Å². The Balaban J connectivity index is 1.73. The van der Waals surface area contributed by atoms with Crippen molar-refractivity contribution in [2.75, 3.05) is 4.90 Å². The monoisotopic (exact) mass is 614 g/mol. The summed E-state index contributed by atoms with van der Waals surface area (Å²) in [7, 11) is 0. The maximum Gasteiger partial charge on any atom is 0.410 e. The third kappa shape index (κ3) is 5.63. The maximum absolute atomic E-state index is 13.8. The van der Waals surface area contributed by atoms with Crippen LogP contribution in [0.4, 0.5) is 18.9 Å². The van der Waals surface area contributed by atoms with Gasteiger partial charge in [-0.3, -0.25) is 19.5 Å². The van der Waals surface area contributed by atoms with Gasteiger partial charge >= 0.3 is 6.18 Å². The number of carbonyl (C=O) groups excluding carboxylic acids is 2. The molecule has 4 aromatic rings. The van der Waals surface area contributed by atoms with Crippen molar-refractivity contribution in [3.8, 4) is 16.9 Å². The number of rotatable bonds is 7. The van der Waals surface area contributed by atoms with E-state index in [4.69, 9.17) is 22.1 Å². The Kier molecular flexibility index (Phi) is 7.62. The number of primary amides is 1. The van der Waals surface area contributed by atoms with Crippen LogP contribution in [0.1, 0.15) is 62.4 Å². The van der Waals surface area contributed by atoms with E-state index in [1.807, 2.05) is 13.8 Å². The van der Waals surface area contributed by atoms with E-state index in [1.165, 1.54) is 12.4 Å². The van der Waals surface area contributed by atoms with Crippen LogP contribution in [0.3, 0.4) is 0 Å². The Morgan fingerprint density at radius 3 is 2.47 bits per heavy atom. The summed E-state index contributed by atoms with van der Waals surface area (Å²) < 4.78 is 48.2. The second kappa shape index (κ2) is 10.8. The molecule has 226 valence electrons. The van der Waals surface area contributed by atoms with Crippen LogP contribution in [0, 0.1) is 5.92 Å². The van der Waals surface area contributed by atoms with Gasteiger partial charge in [-0.1, -0.05) is 31.5 Å². The van der Waals surface area contributed by atoms with Gasteiger partial charge in [-0.05, 0) is 62.9 Å². The maximum atomic E-state index is 13.8. The number of alkyl halides is 3. The Bertz CT molecular complexity index is 1730. The van der Waals surface area contributed by atoms with Crippen LogP contribution >= 0.6 is 11.6 Å². The van der Waals surface area contributed by atoms with Crippen molar-refractivity contribution < 1.29 is 27.5 Å². The van der Waals surface area contributed by atoms with Gasteiger partial charge in [0.05, 0.1) is 40.4 Å². The van der Waals surface area contributed by atoms with E-state index in [9.17, 15) is 22.8 Å². The van der Waals surface area contributed by atoms with E-state index in [0.29, 0.717) is 33.3 Å². The zero-order valence-electron chi connectivity index (χ0n) is 24.2. The van der Waals surface area contributed by atoms with Gasteiger partial charge in [-0.25, -0.2) is 9.67 Å². The normalized spacial score (nSPS) is 15.5. The van der Waals surface area contributed by atoms with Crippen molar-refractivity contribution in [3.63, 3.8) is 0 Å². The van der Waals surface area contributed by atoms with Crippen LogP contribution in [-0.2, 0) is 17.8 Å². The number of carbonyl (C=O) groups is 2. The average molecular weight is 615 g/mol. The minimum absolute atomic E-state index is 0.0148. The van der Waals surface area contributed by atoms with E-state index >= 15 is 0 Å². The number of aromatic nitrogens is 4. The van der Waals surface area contributed by atoms with Gasteiger partial charge in [0.1, 0.15) is 11.8 Å². The highest BCUT2D eigenvalue weighted by atomic mass is 35.5. The van der Waals surface area contributed by atoms with Crippen LogP contribution in [0.2, 0.25) is 5.02 Å². The summed E-state index contributed by atoms with van der Waals surface area (Å²) in [5.41, 5.74) is 6.76. The zero-order valence-corrected chi connectivity index (χ0v) is 24.9. The molecule has 2 N–H and O–H groups in total. The molecule has 1 aliphatic heterocycles. The van der Waals surface area contributed by atoms with Crippen LogP contribution in [-0.4, -0.2) is 43.3 Å². The summed E-state index contributed by atoms with van der Waals surface area (Å²) in [5, 5.41) is 4.72. The average Bonchev–Trinajstić information content (AvgIpc) is 3.33. The van der Waals surface area contributed by atoms with Gasteiger partial charge in [0.25, 0.3) is 11.8 Å². The molecule has 43 heavy (non-hydrogen) atoms. The van der Waals surface area contributed by atoms with Crippen molar-refractivity contribution in [3.05, 3.63) is 64.7 Å². The Hall–Kier alpha value is -4.19. The summed E-state index contributed by atoms with van der Waals surface area (Å²) in [5.74, 6) is -0.726. The first-order valence-corrected chi connectivity index (χ1v) is 14.0. The predicted molar refractivity (Wildman–Crippen MR) is 156 cm³/mol. The van der Waals surface area contributed by atoms with E-state index < -0.39 is 23.7 Å². The first kappa shape index (κ1) is 30.3. The van der Waals surface area contributed by atoms with E-state index in [0.717, 1.165) is 11.6 Å². The van der Waals surface area contributed by atoms with E-state index in [-0.39, 0.29) is 47.1 Å². The number of benzene rings is 1. The molecular formula is C30H30ClF3N6O3. The fraction of sp³-hybridized carbons (Fsp3) is 0.367. The number of nitrogens with zero attached hydrogens (tertiary/aromatic N) is 5. The number of hydrogen-bond donors (Lipinski definition) is 1. The SMILES string of the molecule is CC(C)Cc1nc2c(cnn2[C@H](C)C(F)(F)F)c(-c2ccc3c(c2)OC(C)(C)C(=O)N3Cc2ccc(Cl)cn2)c1C(N)=O. The molecule has 0 aliphatic carbocycles. The third-order valence-electron chi connectivity index (χ3n) is 7.28. The number of amides is 2. The number of ether oxygens (including phenoxy) is 1. The van der Waals surface area contributed by atoms with Crippen molar-refractivity contribution in [2.24, 2.45) is 11.7 Å². The second-order valence-electron chi connectivity index (χ2n) is 11.5. The van der Waals surface area contributed by atoms with Gasteiger partial charge in [0, 0.05) is 17.1 Å². The molecule has 5 rings (SSSR count). The van der Waals surface area contributed by atoms with Gasteiger partial charge in [0.2, 0.25) is 0 Å².